The number of aromatic nitrogens is 6. The van der Waals surface area contributed by atoms with Crippen LogP contribution in [0.15, 0.2) is 91.0 Å². The van der Waals surface area contributed by atoms with Crippen LogP contribution < -0.4 is 30.7 Å². The highest BCUT2D eigenvalue weighted by Gasteiger charge is 2.43. The van der Waals surface area contributed by atoms with E-state index in [1.165, 1.54) is 15.9 Å². The zero-order chi connectivity index (χ0) is 74.9. The number of nitrogens with one attached hydrogen (secondary N) is 3. The number of amides is 3. The van der Waals surface area contributed by atoms with Crippen LogP contribution in [0.5, 0.6) is 0 Å². The molecule has 0 unspecified atom stereocenters. The molecular formula is C66H70Cl3F10N15O7. The maximum absolute atomic E-state index is 13.7. The van der Waals surface area contributed by atoms with E-state index in [0.29, 0.717) is 67.9 Å². The Morgan fingerprint density at radius 2 is 0.881 bits per heavy atom. The molecule has 3 aromatic heterocycles. The number of nitriles is 3. The lowest BCUT2D eigenvalue weighted by Crippen LogP contribution is -2.44. The summed E-state index contributed by atoms with van der Waals surface area (Å²) in [6, 6.07) is 29.2. The summed E-state index contributed by atoms with van der Waals surface area (Å²) in [5.74, 6) is -4.65. The lowest BCUT2D eigenvalue weighted by Gasteiger charge is -2.33. The number of carbonyl (C=O) groups excluding carboxylic acids is 3. The Balaban J connectivity index is 0.000000226. The van der Waals surface area contributed by atoms with Crippen LogP contribution in [0.3, 0.4) is 0 Å². The van der Waals surface area contributed by atoms with Crippen molar-refractivity contribution in [2.24, 2.45) is 11.8 Å². The number of β-amino-alcohol motifs (C(OH)–C–C–N with tert-alkyl or cyclic N) is 2. The minimum atomic E-state index is -4.79. The quantitative estimate of drug-likeness (QED) is 0.0330. The minimum absolute atomic E-state index is 0.0277. The molecule has 3 saturated heterocycles. The number of aliphatic hydroxyl groups is 4. The highest BCUT2D eigenvalue weighted by Crippen LogP contribution is 2.36. The van der Waals surface area contributed by atoms with Crippen molar-refractivity contribution in [1.29, 1.82) is 15.8 Å². The molecule has 6 aromatic rings. The number of piperidine rings is 1. The molecule has 542 valence electrons. The van der Waals surface area contributed by atoms with Crippen molar-refractivity contribution >= 4 is 70.0 Å². The number of benzene rings is 3. The van der Waals surface area contributed by atoms with Gasteiger partial charge in [0.15, 0.2) is 0 Å². The number of alkyl halides is 10. The molecule has 0 radical (unpaired) electrons. The molecule has 1 aliphatic carbocycles. The average Bonchev–Trinajstić information content (AvgIpc) is 1.49. The number of halogens is 13. The van der Waals surface area contributed by atoms with Gasteiger partial charge in [-0.1, -0.05) is 71.2 Å². The number of hydrogen-bond donors (Lipinski definition) is 7. The fraction of sp³-hybridized carbons (Fsp3) is 0.455. The molecule has 1 saturated carbocycles. The Kier molecular flexibility index (Phi) is 30.1. The van der Waals surface area contributed by atoms with E-state index in [1.54, 1.807) is 65.6 Å². The van der Waals surface area contributed by atoms with Crippen LogP contribution in [0.4, 0.5) is 61.4 Å². The van der Waals surface area contributed by atoms with Gasteiger partial charge >= 0.3 is 18.5 Å². The molecule has 22 nitrogen and oxygen atoms in total. The fourth-order valence-electron chi connectivity index (χ4n) is 11.1. The lowest BCUT2D eigenvalue weighted by atomic mass is 9.94. The monoisotopic (exact) mass is 1480 g/mol. The van der Waals surface area contributed by atoms with E-state index < -0.39 is 84.4 Å². The van der Waals surface area contributed by atoms with E-state index in [1.807, 2.05) is 24.3 Å². The Bertz CT molecular complexity index is 3830. The van der Waals surface area contributed by atoms with Crippen molar-refractivity contribution < 1.29 is 80.1 Å². The molecule has 6 heterocycles. The predicted molar refractivity (Wildman–Crippen MR) is 350 cm³/mol. The van der Waals surface area contributed by atoms with Crippen LogP contribution in [0.1, 0.15) is 104 Å². The van der Waals surface area contributed by atoms with E-state index in [0.717, 1.165) is 60.9 Å². The van der Waals surface area contributed by atoms with Crippen molar-refractivity contribution in [3.8, 4) is 18.2 Å². The number of anilines is 3. The van der Waals surface area contributed by atoms with Crippen molar-refractivity contribution in [2.45, 2.75) is 120 Å². The zero-order valence-corrected chi connectivity index (χ0v) is 55.9. The molecule has 0 spiro atoms. The van der Waals surface area contributed by atoms with Gasteiger partial charge in [-0.3, -0.25) is 18.8 Å². The topological polar surface area (TPSA) is 327 Å². The van der Waals surface area contributed by atoms with Crippen molar-refractivity contribution in [2.75, 3.05) is 74.3 Å². The van der Waals surface area contributed by atoms with Crippen LogP contribution in [0, 0.1) is 45.8 Å². The van der Waals surface area contributed by atoms with E-state index in [4.69, 9.17) is 52.0 Å². The normalized spacial score (nSPS) is 19.0. The predicted octanol–water partition coefficient (Wildman–Crippen LogP) is 9.35. The SMILES string of the molecule is FC(F)(F)c1nc(Cl)cc(Cl)n1.N#Cc1ccc(CCNC(=O)[C@@H]2C[C@@H](O)CN2c2cc(Cl)nc(C(F)(F)F)n2)cc1.N#Cc1ccc(CCNC(=O)[C@@H]2C[C@@H](O)CN2c2cc(N3CCC(CCO)CC3)nc(C(F)(F)F)n2)cc1.N#Cc1ccc(CCNC(=O)[C@H]2CC[C@H](O)C2)cc1.[2H]CF. The second-order valence-electron chi connectivity index (χ2n) is 23.4. The van der Waals surface area contributed by atoms with Gasteiger partial charge in [0.1, 0.15) is 45.0 Å². The average molecular weight is 1480 g/mol. The second-order valence-corrected chi connectivity index (χ2v) is 24.5. The third-order valence-corrected chi connectivity index (χ3v) is 16.8. The molecule has 6 atom stereocenters. The summed E-state index contributed by atoms with van der Waals surface area (Å²) in [4.78, 5) is 62.1. The first-order valence-corrected chi connectivity index (χ1v) is 32.4. The Hall–Kier alpha value is -8.81. The maximum Gasteiger partial charge on any atom is 0.451 e. The third kappa shape index (κ3) is 25.3. The Labute approximate surface area is 590 Å². The summed E-state index contributed by atoms with van der Waals surface area (Å²) in [5, 5.41) is 72.7. The third-order valence-electron chi connectivity index (χ3n) is 16.2. The van der Waals surface area contributed by atoms with Crippen LogP contribution in [-0.4, -0.2) is 158 Å². The van der Waals surface area contributed by atoms with Gasteiger partial charge in [-0.2, -0.15) is 55.3 Å². The molecule has 3 amide bonds. The molecule has 35 heteroatoms. The number of nitrogens with zero attached hydrogens (tertiary/aromatic N) is 12. The van der Waals surface area contributed by atoms with Gasteiger partial charge in [-0.15, -0.1) is 0 Å². The molecular weight excluding hydrogens is 1410 g/mol. The number of hydrogen-bond acceptors (Lipinski definition) is 19. The zero-order valence-electron chi connectivity index (χ0n) is 54.6. The summed E-state index contributed by atoms with van der Waals surface area (Å²) in [6.07, 6.45) is -10.2. The van der Waals surface area contributed by atoms with Crippen LogP contribution in [-0.2, 0) is 52.2 Å². The van der Waals surface area contributed by atoms with E-state index >= 15 is 0 Å². The summed E-state index contributed by atoms with van der Waals surface area (Å²) >= 11 is 16.2. The maximum atomic E-state index is 13.7. The van der Waals surface area contributed by atoms with Gasteiger partial charge in [0, 0.05) is 89.4 Å². The molecule has 101 heavy (non-hydrogen) atoms. The Morgan fingerprint density at radius 3 is 1.25 bits per heavy atom. The van der Waals surface area contributed by atoms with E-state index in [9.17, 15) is 78.7 Å². The van der Waals surface area contributed by atoms with Gasteiger partial charge in [-0.25, -0.2) is 29.9 Å². The largest absolute Gasteiger partial charge is 0.451 e. The summed E-state index contributed by atoms with van der Waals surface area (Å²) < 4.78 is 131. The number of carbonyl (C=O) groups is 3. The minimum Gasteiger partial charge on any atom is -0.396 e. The van der Waals surface area contributed by atoms with Gasteiger partial charge in [-0.05, 0) is 117 Å². The smallest absolute Gasteiger partial charge is 0.396 e. The first kappa shape index (κ1) is 79.5. The molecule has 7 N–H and O–H groups in total. The van der Waals surface area contributed by atoms with E-state index in [-0.39, 0.29) is 91.3 Å². The Morgan fingerprint density at radius 1 is 0.525 bits per heavy atom. The van der Waals surface area contributed by atoms with E-state index in [2.05, 4.69) is 51.9 Å². The first-order chi connectivity index (χ1) is 48.3. The highest BCUT2D eigenvalue weighted by atomic mass is 35.5. The standard InChI is InChI=1S/C26H31F3N6O3.C19H17ClF3N5O2.C15H18N2O2.C5HCl2F3N2.CH3F/c27-26(28,29)25-32-22(34-10-6-18(7-11-34)8-12-36)14-23(33-25)35-16-20(37)13-21(35)24(38)31-9-5-17-1-3-19(15-30)4-2-17;20-15-8-16(27-18(26-15)19(21,22)23)28-10-13(29)7-14(28)17(30)25-6-5-11-1-3-12(9-24)4-2-11;16-10-12-3-1-11(2-4-12)7-8-17-15(19)13-5-6-14(18)9-13;6-2-1-3(7)12-4(11-2)5(8,9)10;1-2/h1-4,14,18,20-21,36-37H,5-13,16H2,(H,31,38);1-4,8,13-14,29H,5-7,10H2,(H,25,30);1-4,13-14,18H,5-9H2,(H,17,19);1H;1H3/t20-,21+;13-,14+;13-,14-;;/m110../s1/i;;;;1D. The van der Waals surface area contributed by atoms with Crippen LogP contribution >= 0.6 is 34.8 Å². The van der Waals surface area contributed by atoms with Gasteiger partial charge in [0.25, 0.3) is 0 Å². The summed E-state index contributed by atoms with van der Waals surface area (Å²) in [6.45, 7) is 2.16. The van der Waals surface area contributed by atoms with Crippen molar-refractivity contribution in [1.82, 2.24) is 45.9 Å². The molecule has 4 aliphatic rings. The van der Waals surface area contributed by atoms with Crippen LogP contribution in [0.25, 0.3) is 0 Å². The molecule has 3 aromatic carbocycles. The fourth-order valence-corrected chi connectivity index (χ4v) is 11.7. The highest BCUT2D eigenvalue weighted by molar-refractivity contribution is 6.33. The molecule has 0 bridgehead atoms. The molecule has 10 rings (SSSR count). The number of rotatable bonds is 17. The van der Waals surface area contributed by atoms with Gasteiger partial charge in [0.2, 0.25) is 35.2 Å². The van der Waals surface area contributed by atoms with Gasteiger partial charge < -0.3 is 51.1 Å². The number of aliphatic hydroxyl groups excluding tert-OH is 4. The van der Waals surface area contributed by atoms with Crippen LogP contribution in [0.2, 0.25) is 15.5 Å². The summed E-state index contributed by atoms with van der Waals surface area (Å²) in [5.41, 5.74) is 4.64. The molecule has 4 fully saturated rings. The van der Waals surface area contributed by atoms with Crippen molar-refractivity contribution in [3.05, 3.63) is 157 Å². The second kappa shape index (κ2) is 38.3. The van der Waals surface area contributed by atoms with Crippen molar-refractivity contribution in [3.63, 3.8) is 0 Å². The molecule has 3 aliphatic heterocycles. The lowest BCUT2D eigenvalue weighted by molar-refractivity contribution is -0.145. The summed E-state index contributed by atoms with van der Waals surface area (Å²) in [7, 11) is -1.00. The first-order valence-electron chi connectivity index (χ1n) is 32.0. The van der Waals surface area contributed by atoms with Gasteiger partial charge in [0.05, 0.1) is 61.7 Å².